The van der Waals surface area contributed by atoms with Crippen LogP contribution in [0.3, 0.4) is 0 Å². The predicted molar refractivity (Wildman–Crippen MR) is 93.8 cm³/mol. The summed E-state index contributed by atoms with van der Waals surface area (Å²) in [4.78, 5) is 28.0. The third-order valence-electron chi connectivity index (χ3n) is 3.39. The van der Waals surface area contributed by atoms with Crippen LogP contribution in [0, 0.1) is 6.92 Å². The lowest BCUT2D eigenvalue weighted by Gasteiger charge is -2.07. The van der Waals surface area contributed by atoms with E-state index in [-0.39, 0.29) is 11.8 Å². The fourth-order valence-corrected chi connectivity index (χ4v) is 2.26. The molecule has 2 rings (SSSR count). The molecule has 6 heteroatoms. The number of benzene rings is 1. The average molecular weight is 346 g/mol. The lowest BCUT2D eigenvalue weighted by Crippen LogP contribution is -2.27. The molecule has 2 N–H and O–H groups in total. The third-order valence-corrected chi connectivity index (χ3v) is 3.64. The molecule has 126 valence electrons. The Bertz CT molecular complexity index is 702. The number of aromatic nitrogens is 1. The maximum Gasteiger partial charge on any atom is 0.251 e. The molecule has 1 heterocycles. The zero-order valence-corrected chi connectivity index (χ0v) is 14.3. The van der Waals surface area contributed by atoms with Crippen LogP contribution in [-0.4, -0.2) is 23.3 Å². The van der Waals surface area contributed by atoms with Gasteiger partial charge in [-0.1, -0.05) is 17.7 Å². The Hall–Kier alpha value is -2.40. The second-order valence-electron chi connectivity index (χ2n) is 5.41. The molecule has 0 bridgehead atoms. The Labute approximate surface area is 146 Å². The number of nitrogens with one attached hydrogen (secondary N) is 2. The van der Waals surface area contributed by atoms with Crippen LogP contribution in [0.1, 0.15) is 34.6 Å². The van der Waals surface area contributed by atoms with Crippen LogP contribution in [0.2, 0.25) is 5.02 Å². The largest absolute Gasteiger partial charge is 0.352 e. The molecular formula is C18H20ClN3O2. The molecule has 0 spiro atoms. The average Bonchev–Trinajstić information content (AvgIpc) is 2.57. The number of rotatable bonds is 7. The minimum Gasteiger partial charge on any atom is -0.352 e. The molecular weight excluding hydrogens is 326 g/mol. The maximum absolute atomic E-state index is 11.9. The van der Waals surface area contributed by atoms with E-state index in [1.807, 2.05) is 25.1 Å². The summed E-state index contributed by atoms with van der Waals surface area (Å²) in [5, 5.41) is 6.19. The summed E-state index contributed by atoms with van der Waals surface area (Å²) in [6, 6.07) is 12.4. The molecule has 0 atom stereocenters. The molecule has 1 aromatic carbocycles. The van der Waals surface area contributed by atoms with E-state index >= 15 is 0 Å². The minimum absolute atomic E-state index is 0.0564. The molecule has 0 aliphatic rings. The third kappa shape index (κ3) is 6.01. The molecule has 0 fully saturated rings. The Morgan fingerprint density at radius 1 is 1.08 bits per heavy atom. The standard InChI is InChI=1S/C18H20ClN3O2/c1-13-4-2-5-16(22-13)12-21-17(23)6-3-11-20-18(24)14-7-9-15(19)10-8-14/h2,4-5,7-10H,3,6,11-12H2,1H3,(H,20,24)(H,21,23). The molecule has 0 aliphatic carbocycles. The molecule has 0 radical (unpaired) electrons. The van der Waals surface area contributed by atoms with Crippen molar-refractivity contribution in [2.45, 2.75) is 26.3 Å². The number of amides is 2. The predicted octanol–water partition coefficient (Wildman–Crippen LogP) is 2.87. The SMILES string of the molecule is Cc1cccc(CNC(=O)CCCNC(=O)c2ccc(Cl)cc2)n1. The van der Waals surface area contributed by atoms with Crippen molar-refractivity contribution in [3.63, 3.8) is 0 Å². The molecule has 0 aliphatic heterocycles. The van der Waals surface area contributed by atoms with E-state index in [2.05, 4.69) is 15.6 Å². The molecule has 0 saturated heterocycles. The van der Waals surface area contributed by atoms with E-state index in [0.717, 1.165) is 11.4 Å². The van der Waals surface area contributed by atoms with Crippen LogP contribution >= 0.6 is 11.6 Å². The van der Waals surface area contributed by atoms with Gasteiger partial charge in [-0.2, -0.15) is 0 Å². The lowest BCUT2D eigenvalue weighted by molar-refractivity contribution is -0.121. The normalized spacial score (nSPS) is 10.2. The van der Waals surface area contributed by atoms with E-state index in [0.29, 0.717) is 36.5 Å². The minimum atomic E-state index is -0.170. The molecule has 5 nitrogen and oxygen atoms in total. The van der Waals surface area contributed by atoms with Crippen LogP contribution in [0.15, 0.2) is 42.5 Å². The number of aryl methyl sites for hydroxylation is 1. The van der Waals surface area contributed by atoms with Gasteiger partial charge in [-0.25, -0.2) is 0 Å². The van der Waals surface area contributed by atoms with Gasteiger partial charge in [-0.15, -0.1) is 0 Å². The first kappa shape index (κ1) is 17.9. The van der Waals surface area contributed by atoms with Gasteiger partial charge < -0.3 is 10.6 Å². The number of carbonyl (C=O) groups excluding carboxylic acids is 2. The van der Waals surface area contributed by atoms with E-state index in [1.54, 1.807) is 24.3 Å². The number of halogens is 1. The van der Waals surface area contributed by atoms with Gasteiger partial charge in [0.15, 0.2) is 0 Å². The Morgan fingerprint density at radius 2 is 1.83 bits per heavy atom. The van der Waals surface area contributed by atoms with Crippen LogP contribution in [0.4, 0.5) is 0 Å². The maximum atomic E-state index is 11.9. The topological polar surface area (TPSA) is 71.1 Å². The summed E-state index contributed by atoms with van der Waals surface area (Å²) in [5.41, 5.74) is 2.31. The number of pyridine rings is 1. The van der Waals surface area contributed by atoms with Crippen molar-refractivity contribution in [1.29, 1.82) is 0 Å². The number of nitrogens with zero attached hydrogens (tertiary/aromatic N) is 1. The number of carbonyl (C=O) groups is 2. The Balaban J connectivity index is 1.64. The molecule has 0 saturated carbocycles. The second kappa shape index (κ2) is 9.03. The van der Waals surface area contributed by atoms with E-state index < -0.39 is 0 Å². The van der Waals surface area contributed by atoms with Crippen molar-refractivity contribution in [2.75, 3.05) is 6.54 Å². The molecule has 0 unspecified atom stereocenters. The van der Waals surface area contributed by atoms with Crippen LogP contribution in [0.25, 0.3) is 0 Å². The number of hydrogen-bond acceptors (Lipinski definition) is 3. The van der Waals surface area contributed by atoms with E-state index in [4.69, 9.17) is 11.6 Å². The zero-order chi connectivity index (χ0) is 17.4. The van der Waals surface area contributed by atoms with Crippen molar-refractivity contribution < 1.29 is 9.59 Å². The van der Waals surface area contributed by atoms with Crippen LogP contribution in [0.5, 0.6) is 0 Å². The van der Waals surface area contributed by atoms with Crippen molar-refractivity contribution in [3.05, 3.63) is 64.4 Å². The summed E-state index contributed by atoms with van der Waals surface area (Å²) >= 11 is 5.78. The number of hydrogen-bond donors (Lipinski definition) is 2. The fourth-order valence-electron chi connectivity index (χ4n) is 2.13. The second-order valence-corrected chi connectivity index (χ2v) is 5.85. The lowest BCUT2D eigenvalue weighted by atomic mass is 10.2. The Kier molecular flexibility index (Phi) is 6.75. The smallest absolute Gasteiger partial charge is 0.251 e. The first-order chi connectivity index (χ1) is 11.5. The van der Waals surface area contributed by atoms with Gasteiger partial charge in [0.25, 0.3) is 5.91 Å². The van der Waals surface area contributed by atoms with Crippen LogP contribution < -0.4 is 10.6 Å². The monoisotopic (exact) mass is 345 g/mol. The van der Waals surface area contributed by atoms with Crippen molar-refractivity contribution in [1.82, 2.24) is 15.6 Å². The summed E-state index contributed by atoms with van der Waals surface area (Å²) < 4.78 is 0. The quantitative estimate of drug-likeness (QED) is 0.758. The molecule has 24 heavy (non-hydrogen) atoms. The highest BCUT2D eigenvalue weighted by Gasteiger charge is 2.06. The van der Waals surface area contributed by atoms with Crippen molar-refractivity contribution >= 4 is 23.4 Å². The highest BCUT2D eigenvalue weighted by molar-refractivity contribution is 6.30. The van der Waals surface area contributed by atoms with Crippen molar-refractivity contribution in [3.8, 4) is 0 Å². The van der Waals surface area contributed by atoms with Gasteiger partial charge in [0.1, 0.15) is 0 Å². The first-order valence-electron chi connectivity index (χ1n) is 7.77. The summed E-state index contributed by atoms with van der Waals surface area (Å²) in [5.74, 6) is -0.227. The van der Waals surface area contributed by atoms with Crippen molar-refractivity contribution in [2.24, 2.45) is 0 Å². The van der Waals surface area contributed by atoms with Gasteiger partial charge in [0.2, 0.25) is 5.91 Å². The first-order valence-corrected chi connectivity index (χ1v) is 8.15. The van der Waals surface area contributed by atoms with Gasteiger partial charge in [-0.05, 0) is 49.7 Å². The van der Waals surface area contributed by atoms with E-state index in [9.17, 15) is 9.59 Å². The van der Waals surface area contributed by atoms with Gasteiger partial charge in [0, 0.05) is 29.2 Å². The summed E-state index contributed by atoms with van der Waals surface area (Å²) in [6.45, 7) is 2.77. The van der Waals surface area contributed by atoms with Gasteiger partial charge in [0.05, 0.1) is 12.2 Å². The summed E-state index contributed by atoms with van der Waals surface area (Å²) in [6.07, 6.45) is 0.930. The molecule has 1 aromatic heterocycles. The Morgan fingerprint density at radius 3 is 2.54 bits per heavy atom. The highest BCUT2D eigenvalue weighted by atomic mass is 35.5. The van der Waals surface area contributed by atoms with E-state index in [1.165, 1.54) is 0 Å². The zero-order valence-electron chi connectivity index (χ0n) is 13.5. The van der Waals surface area contributed by atoms with Crippen LogP contribution in [-0.2, 0) is 11.3 Å². The summed E-state index contributed by atoms with van der Waals surface area (Å²) in [7, 11) is 0. The van der Waals surface area contributed by atoms with Gasteiger partial charge >= 0.3 is 0 Å². The van der Waals surface area contributed by atoms with Gasteiger partial charge in [-0.3, -0.25) is 14.6 Å². The molecule has 2 aromatic rings. The highest BCUT2D eigenvalue weighted by Crippen LogP contribution is 2.09. The fraction of sp³-hybridized carbons (Fsp3) is 0.278. The molecule has 2 amide bonds.